The third-order valence-electron chi connectivity index (χ3n) is 4.40. The molecule has 2 aliphatic heterocycles. The molecular formula is C18H20N2O6. The Morgan fingerprint density at radius 3 is 2.65 bits per heavy atom. The molecule has 0 radical (unpaired) electrons. The first kappa shape index (κ1) is 17.8. The van der Waals surface area contributed by atoms with Gasteiger partial charge >= 0.3 is 5.97 Å². The van der Waals surface area contributed by atoms with E-state index >= 15 is 0 Å². The van der Waals surface area contributed by atoms with Crippen LogP contribution in [0.25, 0.3) is 6.08 Å². The Bertz CT molecular complexity index is 737. The highest BCUT2D eigenvalue weighted by molar-refractivity contribution is 5.89. The van der Waals surface area contributed by atoms with Crippen molar-refractivity contribution in [3.05, 3.63) is 29.8 Å². The lowest BCUT2D eigenvalue weighted by molar-refractivity contribution is -0.149. The summed E-state index contributed by atoms with van der Waals surface area (Å²) in [7, 11) is 0. The van der Waals surface area contributed by atoms with Crippen LogP contribution in [0, 0.1) is 5.92 Å². The van der Waals surface area contributed by atoms with E-state index in [0.29, 0.717) is 37.4 Å². The highest BCUT2D eigenvalue weighted by Gasteiger charge is 2.26. The molecule has 2 N–H and O–H groups in total. The molecular weight excluding hydrogens is 340 g/mol. The lowest BCUT2D eigenvalue weighted by atomic mass is 9.96. The SMILES string of the molecule is NC(=O)C1CCN(C(=O)COC(=O)/C=C/c2ccc3c(c2)OCO3)CC1. The number of ether oxygens (including phenoxy) is 3. The van der Waals surface area contributed by atoms with Crippen LogP contribution in [0.4, 0.5) is 0 Å². The van der Waals surface area contributed by atoms with Crippen LogP contribution < -0.4 is 15.2 Å². The first-order valence-electron chi connectivity index (χ1n) is 8.34. The fraction of sp³-hybridized carbons (Fsp3) is 0.389. The van der Waals surface area contributed by atoms with Crippen LogP contribution in [-0.2, 0) is 19.1 Å². The van der Waals surface area contributed by atoms with Crippen LogP contribution in [0.3, 0.4) is 0 Å². The first-order chi connectivity index (χ1) is 12.5. The summed E-state index contributed by atoms with van der Waals surface area (Å²) in [5, 5.41) is 0. The maximum atomic E-state index is 12.1. The van der Waals surface area contributed by atoms with Gasteiger partial charge in [0.25, 0.3) is 5.91 Å². The van der Waals surface area contributed by atoms with Gasteiger partial charge in [0.2, 0.25) is 12.7 Å². The van der Waals surface area contributed by atoms with Crippen molar-refractivity contribution in [1.29, 1.82) is 0 Å². The minimum Gasteiger partial charge on any atom is -0.454 e. The minimum absolute atomic E-state index is 0.184. The smallest absolute Gasteiger partial charge is 0.331 e. The van der Waals surface area contributed by atoms with Crippen molar-refractivity contribution in [3.8, 4) is 11.5 Å². The molecule has 1 aromatic carbocycles. The summed E-state index contributed by atoms with van der Waals surface area (Å²) in [6.45, 7) is 0.739. The molecule has 2 aliphatic rings. The molecule has 1 aromatic rings. The average molecular weight is 360 g/mol. The molecule has 26 heavy (non-hydrogen) atoms. The summed E-state index contributed by atoms with van der Waals surface area (Å²) in [6.07, 6.45) is 3.91. The Kier molecular flexibility index (Phi) is 5.40. The Labute approximate surface area is 150 Å². The van der Waals surface area contributed by atoms with Crippen molar-refractivity contribution >= 4 is 23.9 Å². The third-order valence-corrected chi connectivity index (χ3v) is 4.40. The van der Waals surface area contributed by atoms with Crippen LogP contribution in [0.5, 0.6) is 11.5 Å². The molecule has 2 heterocycles. The van der Waals surface area contributed by atoms with Gasteiger partial charge in [0.1, 0.15) is 0 Å². The maximum absolute atomic E-state index is 12.1. The van der Waals surface area contributed by atoms with Crippen LogP contribution in [0.1, 0.15) is 18.4 Å². The maximum Gasteiger partial charge on any atom is 0.331 e. The quantitative estimate of drug-likeness (QED) is 0.611. The van der Waals surface area contributed by atoms with Crippen molar-refractivity contribution in [1.82, 2.24) is 4.90 Å². The van der Waals surface area contributed by atoms with Crippen LogP contribution in [0.2, 0.25) is 0 Å². The number of esters is 1. The lowest BCUT2D eigenvalue weighted by Crippen LogP contribution is -2.43. The second-order valence-electron chi connectivity index (χ2n) is 6.11. The normalized spacial score (nSPS) is 16.7. The zero-order chi connectivity index (χ0) is 18.5. The summed E-state index contributed by atoms with van der Waals surface area (Å²) in [4.78, 5) is 36.5. The number of hydrogen-bond donors (Lipinski definition) is 1. The van der Waals surface area contributed by atoms with Gasteiger partial charge in [-0.2, -0.15) is 0 Å². The van der Waals surface area contributed by atoms with Crippen molar-refractivity contribution in [2.75, 3.05) is 26.5 Å². The largest absolute Gasteiger partial charge is 0.454 e. The number of nitrogens with zero attached hydrogens (tertiary/aromatic N) is 1. The average Bonchev–Trinajstić information content (AvgIpc) is 3.12. The molecule has 8 heteroatoms. The van der Waals surface area contributed by atoms with Gasteiger partial charge in [-0.25, -0.2) is 4.79 Å². The molecule has 0 saturated carbocycles. The van der Waals surface area contributed by atoms with E-state index in [2.05, 4.69) is 0 Å². The summed E-state index contributed by atoms with van der Waals surface area (Å²) in [5.41, 5.74) is 6.02. The zero-order valence-corrected chi connectivity index (χ0v) is 14.2. The molecule has 0 atom stereocenters. The van der Waals surface area contributed by atoms with E-state index in [4.69, 9.17) is 19.9 Å². The second-order valence-corrected chi connectivity index (χ2v) is 6.11. The molecule has 0 unspecified atom stereocenters. The van der Waals surface area contributed by atoms with Crippen molar-refractivity contribution in [2.24, 2.45) is 11.7 Å². The Balaban J connectivity index is 1.44. The van der Waals surface area contributed by atoms with Crippen LogP contribution >= 0.6 is 0 Å². The van der Waals surface area contributed by atoms with Crippen LogP contribution in [0.15, 0.2) is 24.3 Å². The van der Waals surface area contributed by atoms with E-state index < -0.39 is 5.97 Å². The zero-order valence-electron chi connectivity index (χ0n) is 14.2. The predicted octanol–water partition coefficient (Wildman–Crippen LogP) is 0.696. The molecule has 3 rings (SSSR count). The van der Waals surface area contributed by atoms with E-state index in [1.807, 2.05) is 0 Å². The van der Waals surface area contributed by atoms with E-state index in [9.17, 15) is 14.4 Å². The topological polar surface area (TPSA) is 108 Å². The molecule has 0 aliphatic carbocycles. The van der Waals surface area contributed by atoms with Gasteiger partial charge in [-0.05, 0) is 36.6 Å². The number of likely N-dealkylation sites (tertiary alicyclic amines) is 1. The van der Waals surface area contributed by atoms with Crippen molar-refractivity contribution < 1.29 is 28.6 Å². The van der Waals surface area contributed by atoms with Gasteiger partial charge in [0.15, 0.2) is 18.1 Å². The third kappa shape index (κ3) is 4.33. The molecule has 0 bridgehead atoms. The van der Waals surface area contributed by atoms with Gasteiger partial charge in [0, 0.05) is 25.1 Å². The summed E-state index contributed by atoms with van der Waals surface area (Å²) in [6, 6.07) is 5.29. The molecule has 138 valence electrons. The number of piperidine rings is 1. The molecule has 1 saturated heterocycles. The fourth-order valence-electron chi connectivity index (χ4n) is 2.87. The number of nitrogens with two attached hydrogens (primary N) is 1. The number of carbonyl (C=O) groups excluding carboxylic acids is 3. The standard InChI is InChI=1S/C18H20N2O6/c19-18(23)13-5-7-20(8-6-13)16(21)10-24-17(22)4-2-12-1-3-14-15(9-12)26-11-25-14/h1-4,9,13H,5-8,10-11H2,(H2,19,23)/b4-2+. The van der Waals surface area contributed by atoms with Crippen molar-refractivity contribution in [2.45, 2.75) is 12.8 Å². The van der Waals surface area contributed by atoms with E-state index in [-0.39, 0.29) is 31.1 Å². The Morgan fingerprint density at radius 2 is 1.92 bits per heavy atom. The molecule has 1 fully saturated rings. The van der Waals surface area contributed by atoms with Gasteiger partial charge in [-0.1, -0.05) is 6.07 Å². The monoisotopic (exact) mass is 360 g/mol. The number of fused-ring (bicyclic) bond motifs is 1. The lowest BCUT2D eigenvalue weighted by Gasteiger charge is -2.30. The van der Waals surface area contributed by atoms with E-state index in [0.717, 1.165) is 5.56 Å². The Morgan fingerprint density at radius 1 is 1.19 bits per heavy atom. The first-order valence-corrected chi connectivity index (χ1v) is 8.34. The Hall–Kier alpha value is -3.03. The fourth-order valence-corrected chi connectivity index (χ4v) is 2.87. The highest BCUT2D eigenvalue weighted by Crippen LogP contribution is 2.32. The van der Waals surface area contributed by atoms with Gasteiger partial charge in [-0.3, -0.25) is 9.59 Å². The summed E-state index contributed by atoms with van der Waals surface area (Å²) < 4.78 is 15.5. The number of amides is 2. The highest BCUT2D eigenvalue weighted by atomic mass is 16.7. The van der Waals surface area contributed by atoms with E-state index in [1.54, 1.807) is 29.2 Å². The molecule has 0 spiro atoms. The molecule has 0 aromatic heterocycles. The number of carbonyl (C=O) groups is 3. The van der Waals surface area contributed by atoms with Gasteiger partial charge < -0.3 is 24.8 Å². The molecule has 2 amide bonds. The number of rotatable bonds is 5. The summed E-state index contributed by atoms with van der Waals surface area (Å²) in [5.74, 6) is -0.130. The van der Waals surface area contributed by atoms with Crippen LogP contribution in [-0.4, -0.2) is 49.2 Å². The number of benzene rings is 1. The molecule has 8 nitrogen and oxygen atoms in total. The minimum atomic E-state index is -0.608. The van der Waals surface area contributed by atoms with E-state index in [1.165, 1.54) is 6.08 Å². The van der Waals surface area contributed by atoms with Gasteiger partial charge in [0.05, 0.1) is 0 Å². The number of hydrogen-bond acceptors (Lipinski definition) is 6. The predicted molar refractivity (Wildman–Crippen MR) is 91.1 cm³/mol. The van der Waals surface area contributed by atoms with Gasteiger partial charge in [-0.15, -0.1) is 0 Å². The second kappa shape index (κ2) is 7.90. The van der Waals surface area contributed by atoms with Crippen molar-refractivity contribution in [3.63, 3.8) is 0 Å². The summed E-state index contributed by atoms with van der Waals surface area (Å²) >= 11 is 0. The number of primary amides is 1.